The van der Waals surface area contributed by atoms with Crippen molar-refractivity contribution in [1.82, 2.24) is 0 Å². The van der Waals surface area contributed by atoms with Gasteiger partial charge in [0, 0.05) is 12.1 Å². The van der Waals surface area contributed by atoms with Crippen LogP contribution in [0.15, 0.2) is 30.6 Å². The quantitative estimate of drug-likeness (QED) is 0.428. The fourth-order valence-electron chi connectivity index (χ4n) is 0.645. The Morgan fingerprint density at radius 3 is 1.90 bits per heavy atom. The van der Waals surface area contributed by atoms with Crippen molar-refractivity contribution in [3.8, 4) is 0 Å². The standard InChI is InChI=1S/C7H10N.CH4.HI/c1-2-8-6-4-3-5-7-8;;/h3-7H,2H2,1H3;1H4;1H/q+1;;/p-1. The van der Waals surface area contributed by atoms with E-state index in [1.165, 1.54) is 0 Å². The molecule has 0 saturated heterocycles. The van der Waals surface area contributed by atoms with E-state index in [2.05, 4.69) is 23.9 Å². The van der Waals surface area contributed by atoms with Crippen molar-refractivity contribution in [3.63, 3.8) is 0 Å². The molecule has 1 aromatic rings. The minimum atomic E-state index is 0. The number of pyridine rings is 1. The molecule has 0 aliphatic rings. The van der Waals surface area contributed by atoms with E-state index in [1.54, 1.807) is 0 Å². The zero-order valence-electron chi connectivity index (χ0n) is 5.42. The second-order valence-corrected chi connectivity index (χ2v) is 1.71. The molecule has 0 N–H and O–H groups in total. The van der Waals surface area contributed by atoms with Crippen LogP contribution in [0, 0.1) is 0 Å². The van der Waals surface area contributed by atoms with Gasteiger partial charge in [-0.15, -0.1) is 0 Å². The summed E-state index contributed by atoms with van der Waals surface area (Å²) < 4.78 is 2.12. The Kier molecular flexibility index (Phi) is 8.77. The number of halogens is 1. The second-order valence-electron chi connectivity index (χ2n) is 1.71. The zero-order chi connectivity index (χ0) is 5.82. The molecule has 1 heterocycles. The van der Waals surface area contributed by atoms with E-state index in [1.807, 2.05) is 18.2 Å². The van der Waals surface area contributed by atoms with Gasteiger partial charge >= 0.3 is 0 Å². The van der Waals surface area contributed by atoms with Crippen LogP contribution in [-0.2, 0) is 6.54 Å². The van der Waals surface area contributed by atoms with Crippen LogP contribution < -0.4 is 28.5 Å². The molecule has 0 aliphatic heterocycles. The largest absolute Gasteiger partial charge is 1.00 e. The van der Waals surface area contributed by atoms with Crippen LogP contribution in [0.5, 0.6) is 0 Å². The lowest BCUT2D eigenvalue weighted by atomic mass is 10.5. The molecule has 1 rings (SSSR count). The average Bonchev–Trinajstić information content (AvgIpc) is 1.90. The van der Waals surface area contributed by atoms with Gasteiger partial charge in [0.05, 0.1) is 0 Å². The lowest BCUT2D eigenvalue weighted by molar-refractivity contribution is -0.693. The van der Waals surface area contributed by atoms with Crippen LogP contribution in [0.2, 0.25) is 0 Å². The monoisotopic (exact) mass is 251 g/mol. The zero-order valence-corrected chi connectivity index (χ0v) is 7.58. The van der Waals surface area contributed by atoms with Crippen molar-refractivity contribution in [1.29, 1.82) is 0 Å². The van der Waals surface area contributed by atoms with Crippen LogP contribution in [0.1, 0.15) is 14.4 Å². The van der Waals surface area contributed by atoms with Crippen molar-refractivity contribution < 1.29 is 28.5 Å². The molecule has 0 aliphatic carbocycles. The summed E-state index contributed by atoms with van der Waals surface area (Å²) in [5, 5.41) is 0. The van der Waals surface area contributed by atoms with Crippen molar-refractivity contribution in [2.24, 2.45) is 0 Å². The van der Waals surface area contributed by atoms with E-state index in [4.69, 9.17) is 0 Å². The lowest BCUT2D eigenvalue weighted by Crippen LogP contribution is -3.00. The summed E-state index contributed by atoms with van der Waals surface area (Å²) in [7, 11) is 0. The predicted octanol–water partition coefficient (Wildman–Crippen LogP) is -1.37. The highest BCUT2D eigenvalue weighted by Gasteiger charge is 1.86. The number of hydrogen-bond donors (Lipinski definition) is 0. The Bertz CT molecular complexity index is 151. The van der Waals surface area contributed by atoms with Gasteiger partial charge in [-0.25, -0.2) is 4.57 Å². The van der Waals surface area contributed by atoms with Crippen molar-refractivity contribution in [3.05, 3.63) is 30.6 Å². The van der Waals surface area contributed by atoms with Gasteiger partial charge in [0.15, 0.2) is 12.4 Å². The van der Waals surface area contributed by atoms with E-state index in [9.17, 15) is 0 Å². The third kappa shape index (κ3) is 3.82. The minimum Gasteiger partial charge on any atom is -1.00 e. The van der Waals surface area contributed by atoms with Gasteiger partial charge in [-0.05, 0) is 6.92 Å². The molecule has 0 radical (unpaired) electrons. The summed E-state index contributed by atoms with van der Waals surface area (Å²) >= 11 is 0. The van der Waals surface area contributed by atoms with E-state index in [-0.39, 0.29) is 31.4 Å². The maximum atomic E-state index is 2.12. The Labute approximate surface area is 80.1 Å². The first-order valence-corrected chi connectivity index (χ1v) is 2.87. The number of nitrogens with zero attached hydrogens (tertiary/aromatic N) is 1. The van der Waals surface area contributed by atoms with Crippen LogP contribution in [0.25, 0.3) is 0 Å². The smallest absolute Gasteiger partial charge is 0.168 e. The molecule has 1 aromatic heterocycles. The molecule has 10 heavy (non-hydrogen) atoms. The fraction of sp³-hybridized carbons (Fsp3) is 0.375. The van der Waals surface area contributed by atoms with E-state index < -0.39 is 0 Å². The summed E-state index contributed by atoms with van der Waals surface area (Å²) in [4.78, 5) is 0. The first-order chi connectivity index (χ1) is 3.93. The molecule has 0 unspecified atom stereocenters. The molecule has 0 saturated carbocycles. The third-order valence-electron chi connectivity index (χ3n) is 1.14. The van der Waals surface area contributed by atoms with Crippen molar-refractivity contribution in [2.75, 3.05) is 0 Å². The second kappa shape index (κ2) is 6.99. The number of hydrogen-bond acceptors (Lipinski definition) is 0. The van der Waals surface area contributed by atoms with Gasteiger partial charge in [0.2, 0.25) is 0 Å². The SMILES string of the molecule is C.CC[n+]1ccccc1.[I-]. The summed E-state index contributed by atoms with van der Waals surface area (Å²) in [6, 6.07) is 6.08. The molecular weight excluding hydrogens is 237 g/mol. The minimum absolute atomic E-state index is 0. The van der Waals surface area contributed by atoms with Gasteiger partial charge in [0.25, 0.3) is 0 Å². The molecule has 0 atom stereocenters. The predicted molar refractivity (Wildman–Crippen MR) is 39.0 cm³/mol. The summed E-state index contributed by atoms with van der Waals surface area (Å²) in [6.45, 7) is 3.18. The number of aromatic nitrogens is 1. The molecule has 0 aromatic carbocycles. The van der Waals surface area contributed by atoms with Gasteiger partial charge in [-0.1, -0.05) is 13.5 Å². The van der Waals surface area contributed by atoms with Gasteiger partial charge in [-0.3, -0.25) is 0 Å². The summed E-state index contributed by atoms with van der Waals surface area (Å²) in [5.74, 6) is 0. The Morgan fingerprint density at radius 1 is 1.10 bits per heavy atom. The maximum Gasteiger partial charge on any atom is 0.168 e. The average molecular weight is 251 g/mol. The normalized spacial score (nSPS) is 7.30. The highest BCUT2D eigenvalue weighted by molar-refractivity contribution is 4.83. The van der Waals surface area contributed by atoms with Gasteiger partial charge in [0.1, 0.15) is 6.54 Å². The Balaban J connectivity index is 0. The Hall–Kier alpha value is -0.120. The lowest BCUT2D eigenvalue weighted by Gasteiger charge is -1.84. The van der Waals surface area contributed by atoms with Crippen LogP contribution in [0.4, 0.5) is 0 Å². The summed E-state index contributed by atoms with van der Waals surface area (Å²) in [6.07, 6.45) is 4.11. The van der Waals surface area contributed by atoms with Gasteiger partial charge in [-0.2, -0.15) is 0 Å². The molecule has 0 fully saturated rings. The van der Waals surface area contributed by atoms with Gasteiger partial charge < -0.3 is 24.0 Å². The number of rotatable bonds is 1. The first-order valence-electron chi connectivity index (χ1n) is 2.87. The number of aryl methyl sites for hydroxylation is 1. The molecule has 1 nitrogen and oxygen atoms in total. The van der Waals surface area contributed by atoms with Crippen LogP contribution in [0.3, 0.4) is 0 Å². The molecule has 2 heteroatoms. The highest BCUT2D eigenvalue weighted by Crippen LogP contribution is 1.74. The molecule has 0 bridgehead atoms. The van der Waals surface area contributed by atoms with Crippen LogP contribution >= 0.6 is 0 Å². The topological polar surface area (TPSA) is 3.88 Å². The molecule has 0 spiro atoms. The van der Waals surface area contributed by atoms with Crippen LogP contribution in [-0.4, -0.2) is 0 Å². The molecule has 0 amide bonds. The Morgan fingerprint density at radius 2 is 1.60 bits per heavy atom. The molecular formula is C8H14IN. The van der Waals surface area contributed by atoms with E-state index >= 15 is 0 Å². The highest BCUT2D eigenvalue weighted by atomic mass is 127. The van der Waals surface area contributed by atoms with E-state index in [0.717, 1.165) is 6.54 Å². The van der Waals surface area contributed by atoms with Crippen molar-refractivity contribution in [2.45, 2.75) is 20.9 Å². The van der Waals surface area contributed by atoms with E-state index in [0.29, 0.717) is 0 Å². The van der Waals surface area contributed by atoms with Crippen molar-refractivity contribution >= 4 is 0 Å². The summed E-state index contributed by atoms with van der Waals surface area (Å²) in [5.41, 5.74) is 0. The first kappa shape index (κ1) is 12.5. The third-order valence-corrected chi connectivity index (χ3v) is 1.14. The fourth-order valence-corrected chi connectivity index (χ4v) is 0.645. The maximum absolute atomic E-state index is 2.12. The molecule has 58 valence electrons.